The van der Waals surface area contributed by atoms with Crippen molar-refractivity contribution in [2.24, 2.45) is 18.7 Å². The summed E-state index contributed by atoms with van der Waals surface area (Å²) in [5, 5.41) is 4.26. The monoisotopic (exact) mass is 286 g/mol. The highest BCUT2D eigenvalue weighted by molar-refractivity contribution is 5.92. The summed E-state index contributed by atoms with van der Waals surface area (Å²) in [5.41, 5.74) is 7.34. The van der Waals surface area contributed by atoms with E-state index in [2.05, 4.69) is 12.0 Å². The maximum Gasteiger partial charge on any atom is 0.274 e. The fraction of sp³-hybridized carbons (Fsp3) is 0.692. The van der Waals surface area contributed by atoms with Crippen molar-refractivity contribution in [1.82, 2.24) is 14.7 Å². The summed E-state index contributed by atoms with van der Waals surface area (Å²) >= 11 is 0. The summed E-state index contributed by atoms with van der Waals surface area (Å²) in [6.07, 6.45) is 2.20. The number of aromatic nitrogens is 2. The van der Waals surface area contributed by atoms with Crippen LogP contribution in [0.4, 0.5) is 0 Å². The Labute approximate surface area is 120 Å². The van der Waals surface area contributed by atoms with E-state index < -0.39 is 0 Å². The molecule has 1 amide bonds. The normalized spacial score (nSPS) is 23.1. The van der Waals surface area contributed by atoms with Gasteiger partial charge in [0.25, 0.3) is 5.91 Å². The molecule has 0 radical (unpaired) electrons. The van der Waals surface area contributed by atoms with Gasteiger partial charge in [0.1, 0.15) is 0 Å². The Kier molecular flexibility index (Phi) is 5.38. The van der Waals surface area contributed by atoms with Crippen molar-refractivity contribution in [3.63, 3.8) is 0 Å². The molecule has 1 aliphatic heterocycles. The van der Waals surface area contributed by atoms with Crippen molar-refractivity contribution in [2.75, 3.05) is 13.1 Å². The summed E-state index contributed by atoms with van der Waals surface area (Å²) in [7, 11) is 1.85. The molecule has 0 aromatic carbocycles. The van der Waals surface area contributed by atoms with Gasteiger partial charge in [-0.25, -0.2) is 0 Å². The zero-order valence-electron chi connectivity index (χ0n) is 11.8. The lowest BCUT2D eigenvalue weighted by atomic mass is 9.90. The zero-order chi connectivity index (χ0) is 13.3. The molecule has 1 aromatic heterocycles. The van der Waals surface area contributed by atoms with Crippen LogP contribution in [0.2, 0.25) is 0 Å². The molecule has 19 heavy (non-hydrogen) atoms. The van der Waals surface area contributed by atoms with Crippen LogP contribution in [0, 0.1) is 12.8 Å². The second-order valence-electron chi connectivity index (χ2n) is 5.22. The van der Waals surface area contributed by atoms with Crippen molar-refractivity contribution >= 4 is 18.3 Å². The van der Waals surface area contributed by atoms with E-state index >= 15 is 0 Å². The first-order valence-electron chi connectivity index (χ1n) is 6.56. The lowest BCUT2D eigenvalue weighted by molar-refractivity contribution is 0.0526. The molecule has 108 valence electrons. The highest BCUT2D eigenvalue weighted by Crippen LogP contribution is 2.24. The summed E-state index contributed by atoms with van der Waals surface area (Å²) in [6, 6.07) is 1.99. The third-order valence-corrected chi connectivity index (χ3v) is 3.95. The molecule has 1 aliphatic rings. The fourth-order valence-corrected chi connectivity index (χ4v) is 2.67. The van der Waals surface area contributed by atoms with Crippen LogP contribution >= 0.6 is 12.4 Å². The molecule has 6 heteroatoms. The quantitative estimate of drug-likeness (QED) is 0.892. The van der Waals surface area contributed by atoms with Crippen LogP contribution in [-0.2, 0) is 7.05 Å². The van der Waals surface area contributed by atoms with Gasteiger partial charge < -0.3 is 10.6 Å². The molecular formula is C13H23ClN4O. The molecule has 2 heterocycles. The van der Waals surface area contributed by atoms with Crippen molar-refractivity contribution in [3.8, 4) is 0 Å². The molecule has 2 unspecified atom stereocenters. The number of hydrogen-bond acceptors (Lipinski definition) is 3. The minimum atomic E-state index is 0. The highest BCUT2D eigenvalue weighted by Gasteiger charge is 2.32. The van der Waals surface area contributed by atoms with Crippen LogP contribution in [-0.4, -0.2) is 39.7 Å². The third kappa shape index (κ3) is 3.09. The number of nitrogens with zero attached hydrogens (tertiary/aromatic N) is 3. The average molecular weight is 287 g/mol. The molecule has 0 bridgehead atoms. The molecule has 0 spiro atoms. The molecule has 0 saturated carbocycles. The van der Waals surface area contributed by atoms with E-state index in [0.29, 0.717) is 18.2 Å². The first kappa shape index (κ1) is 16.0. The van der Waals surface area contributed by atoms with Crippen LogP contribution in [0.15, 0.2) is 6.07 Å². The van der Waals surface area contributed by atoms with E-state index in [1.54, 1.807) is 4.68 Å². The zero-order valence-corrected chi connectivity index (χ0v) is 12.6. The predicted octanol–water partition coefficient (Wildman–Crippen LogP) is 1.35. The Morgan fingerprint density at radius 1 is 1.58 bits per heavy atom. The molecule has 1 fully saturated rings. The van der Waals surface area contributed by atoms with E-state index in [1.165, 1.54) is 0 Å². The Bertz CT molecular complexity index is 426. The Morgan fingerprint density at radius 3 is 2.79 bits per heavy atom. The van der Waals surface area contributed by atoms with E-state index in [9.17, 15) is 4.79 Å². The highest BCUT2D eigenvalue weighted by atomic mass is 35.5. The van der Waals surface area contributed by atoms with Crippen LogP contribution in [0.1, 0.15) is 35.9 Å². The number of halogens is 1. The Morgan fingerprint density at radius 2 is 2.26 bits per heavy atom. The van der Waals surface area contributed by atoms with Crippen LogP contribution in [0.25, 0.3) is 0 Å². The molecule has 0 aliphatic carbocycles. The summed E-state index contributed by atoms with van der Waals surface area (Å²) in [6.45, 7) is 5.43. The van der Waals surface area contributed by atoms with Gasteiger partial charge in [-0.05, 0) is 31.7 Å². The SMILES string of the molecule is Cc1cc(C(=O)N2CCCC(C)C2CN)nn1C.Cl. The average Bonchev–Trinajstić information content (AvgIpc) is 2.68. The maximum absolute atomic E-state index is 12.5. The van der Waals surface area contributed by atoms with Gasteiger partial charge in [0, 0.05) is 31.9 Å². The van der Waals surface area contributed by atoms with Crippen molar-refractivity contribution in [1.29, 1.82) is 0 Å². The van der Waals surface area contributed by atoms with Crippen molar-refractivity contribution in [3.05, 3.63) is 17.5 Å². The third-order valence-electron chi connectivity index (χ3n) is 3.95. The molecule has 2 N–H and O–H groups in total. The molecule has 5 nitrogen and oxygen atoms in total. The van der Waals surface area contributed by atoms with Gasteiger partial charge in [0.05, 0.1) is 0 Å². The number of likely N-dealkylation sites (tertiary alicyclic amines) is 1. The maximum atomic E-state index is 12.5. The number of aryl methyl sites for hydroxylation is 2. The van der Waals surface area contributed by atoms with Crippen LogP contribution in [0.3, 0.4) is 0 Å². The van der Waals surface area contributed by atoms with Crippen LogP contribution in [0.5, 0.6) is 0 Å². The summed E-state index contributed by atoms with van der Waals surface area (Å²) < 4.78 is 1.73. The Hall–Kier alpha value is -1.07. The fourth-order valence-electron chi connectivity index (χ4n) is 2.67. The van der Waals surface area contributed by atoms with Gasteiger partial charge in [-0.2, -0.15) is 5.10 Å². The predicted molar refractivity (Wildman–Crippen MR) is 77.5 cm³/mol. The smallest absolute Gasteiger partial charge is 0.274 e. The topological polar surface area (TPSA) is 64.2 Å². The van der Waals surface area contributed by atoms with Crippen molar-refractivity contribution < 1.29 is 4.79 Å². The van der Waals surface area contributed by atoms with E-state index in [4.69, 9.17) is 5.73 Å². The number of rotatable bonds is 2. The Balaban J connectivity index is 0.00000180. The van der Waals surface area contributed by atoms with Crippen LogP contribution < -0.4 is 5.73 Å². The summed E-state index contributed by atoms with van der Waals surface area (Å²) in [4.78, 5) is 14.4. The van der Waals surface area contributed by atoms with E-state index in [-0.39, 0.29) is 24.4 Å². The van der Waals surface area contributed by atoms with E-state index in [1.807, 2.05) is 24.9 Å². The minimum Gasteiger partial charge on any atom is -0.333 e. The van der Waals surface area contributed by atoms with Gasteiger partial charge in [0.15, 0.2) is 5.69 Å². The number of nitrogens with two attached hydrogens (primary N) is 1. The summed E-state index contributed by atoms with van der Waals surface area (Å²) in [5.74, 6) is 0.484. The molecule has 2 atom stereocenters. The largest absolute Gasteiger partial charge is 0.333 e. The first-order chi connectivity index (χ1) is 8.54. The van der Waals surface area contributed by atoms with Crippen molar-refractivity contribution in [2.45, 2.75) is 32.7 Å². The number of amides is 1. The number of carbonyl (C=O) groups is 1. The molecule has 1 aromatic rings. The van der Waals surface area contributed by atoms with Gasteiger partial charge in [-0.1, -0.05) is 6.92 Å². The number of piperidine rings is 1. The number of hydrogen-bond donors (Lipinski definition) is 1. The van der Waals surface area contributed by atoms with E-state index in [0.717, 1.165) is 25.1 Å². The molecule has 2 rings (SSSR count). The standard InChI is InChI=1S/C13H22N4O.ClH/c1-9-5-4-6-17(12(9)8-14)13(18)11-7-10(2)16(3)15-11;/h7,9,12H,4-6,8,14H2,1-3H3;1H. The second kappa shape index (κ2) is 6.39. The lowest BCUT2D eigenvalue weighted by Gasteiger charge is -2.39. The minimum absolute atomic E-state index is 0. The first-order valence-corrected chi connectivity index (χ1v) is 6.56. The van der Waals surface area contributed by atoms with Gasteiger partial charge in [-0.3, -0.25) is 9.48 Å². The van der Waals surface area contributed by atoms with Gasteiger partial charge >= 0.3 is 0 Å². The molecular weight excluding hydrogens is 264 g/mol. The molecule has 1 saturated heterocycles. The number of carbonyl (C=O) groups excluding carboxylic acids is 1. The lowest BCUT2D eigenvalue weighted by Crippen LogP contribution is -2.51. The van der Waals surface area contributed by atoms with Gasteiger partial charge in [0.2, 0.25) is 0 Å². The van der Waals surface area contributed by atoms with Gasteiger partial charge in [-0.15, -0.1) is 12.4 Å². The second-order valence-corrected chi connectivity index (χ2v) is 5.22.